The molecule has 0 radical (unpaired) electrons. The number of hydrogen-bond acceptors (Lipinski definition) is 3. The molecule has 0 N–H and O–H groups in total. The number of aromatic carboxylic acids is 1. The number of fused-ring (bicyclic) bond motifs is 1. The van der Waals surface area contributed by atoms with Crippen molar-refractivity contribution in [3.8, 4) is 0 Å². The van der Waals surface area contributed by atoms with E-state index in [1.54, 1.807) is 0 Å². The van der Waals surface area contributed by atoms with Gasteiger partial charge in [0.05, 0.1) is 5.97 Å². The van der Waals surface area contributed by atoms with E-state index in [2.05, 4.69) is 4.42 Å². The number of rotatable bonds is 1. The number of furan rings is 1. The van der Waals surface area contributed by atoms with Gasteiger partial charge >= 0.3 is 6.18 Å². The summed E-state index contributed by atoms with van der Waals surface area (Å²) in [5, 5.41) is 10.3. The zero-order valence-corrected chi connectivity index (χ0v) is 7.97. The third-order valence-corrected chi connectivity index (χ3v) is 2.08. The molecule has 7 heteroatoms. The number of carbonyl (C=O) groups is 1. The Bertz CT molecular complexity index is 597. The summed E-state index contributed by atoms with van der Waals surface area (Å²) in [6.45, 7) is 0. The minimum atomic E-state index is -4.77. The summed E-state index contributed by atoms with van der Waals surface area (Å²) in [4.78, 5) is 10.6. The van der Waals surface area contributed by atoms with Gasteiger partial charge in [-0.15, -0.1) is 0 Å². The van der Waals surface area contributed by atoms with E-state index in [9.17, 15) is 27.5 Å². The van der Waals surface area contributed by atoms with Crippen LogP contribution in [0.25, 0.3) is 11.0 Å². The lowest BCUT2D eigenvalue weighted by atomic mass is 10.1. The van der Waals surface area contributed by atoms with Gasteiger partial charge in [-0.25, -0.2) is 4.39 Å². The smallest absolute Gasteiger partial charge is 0.449 e. The highest BCUT2D eigenvalue weighted by molar-refractivity contribution is 6.00. The molecular weight excluding hydrogens is 244 g/mol. The van der Waals surface area contributed by atoms with Gasteiger partial charge in [0, 0.05) is 10.9 Å². The van der Waals surface area contributed by atoms with Crippen molar-refractivity contribution in [2.75, 3.05) is 0 Å². The lowest BCUT2D eigenvalue weighted by Crippen LogP contribution is -2.22. The number of carboxylic acids is 1. The highest BCUT2D eigenvalue weighted by Gasteiger charge is 2.35. The lowest BCUT2D eigenvalue weighted by Gasteiger charge is -2.03. The monoisotopic (exact) mass is 247 g/mol. The molecule has 0 atom stereocenters. The van der Waals surface area contributed by atoms with Gasteiger partial charge in [-0.1, -0.05) is 0 Å². The van der Waals surface area contributed by atoms with Gasteiger partial charge in [-0.05, 0) is 18.2 Å². The Morgan fingerprint density at radius 1 is 1.24 bits per heavy atom. The van der Waals surface area contributed by atoms with Gasteiger partial charge in [0.25, 0.3) is 0 Å². The minimum Gasteiger partial charge on any atom is -0.545 e. The molecule has 0 bridgehead atoms. The van der Waals surface area contributed by atoms with Crippen molar-refractivity contribution in [1.29, 1.82) is 0 Å². The largest absolute Gasteiger partial charge is 0.545 e. The summed E-state index contributed by atoms with van der Waals surface area (Å²) in [6.07, 6.45) is -4.77. The third-order valence-electron chi connectivity index (χ3n) is 2.08. The first kappa shape index (κ1) is 11.4. The molecular formula is C10H3F4O3-. The molecule has 1 aromatic heterocycles. The number of halogens is 4. The molecule has 3 nitrogen and oxygen atoms in total. The van der Waals surface area contributed by atoms with E-state index in [-0.39, 0.29) is 5.39 Å². The van der Waals surface area contributed by atoms with E-state index < -0.39 is 34.9 Å². The van der Waals surface area contributed by atoms with Crippen molar-refractivity contribution in [2.45, 2.75) is 6.18 Å². The second-order valence-electron chi connectivity index (χ2n) is 3.27. The number of hydrogen-bond donors (Lipinski definition) is 0. The lowest BCUT2D eigenvalue weighted by molar-refractivity contribution is -0.254. The standard InChI is InChI=1S/C10H4F4O3/c11-5-1-4-2-7(10(12,13)14)17-8(4)6(3-5)9(15)16/h1-3H,(H,15,16)/p-1. The van der Waals surface area contributed by atoms with E-state index in [0.29, 0.717) is 12.1 Å². The summed E-state index contributed by atoms with van der Waals surface area (Å²) in [5.74, 6) is -4.18. The Morgan fingerprint density at radius 2 is 1.88 bits per heavy atom. The van der Waals surface area contributed by atoms with E-state index in [1.165, 1.54) is 0 Å². The van der Waals surface area contributed by atoms with E-state index in [4.69, 9.17) is 0 Å². The second-order valence-corrected chi connectivity index (χ2v) is 3.27. The maximum atomic E-state index is 12.9. The first-order chi connectivity index (χ1) is 7.79. The molecule has 1 heterocycles. The Kier molecular flexibility index (Phi) is 2.34. The summed E-state index contributed by atoms with van der Waals surface area (Å²) >= 11 is 0. The molecule has 0 fully saturated rings. The van der Waals surface area contributed by atoms with Crippen LogP contribution < -0.4 is 5.11 Å². The van der Waals surface area contributed by atoms with Crippen LogP contribution in [0.3, 0.4) is 0 Å². The maximum Gasteiger partial charge on any atom is 0.449 e. The van der Waals surface area contributed by atoms with Crippen LogP contribution in [-0.2, 0) is 6.18 Å². The predicted octanol–water partition coefficient (Wildman–Crippen LogP) is 1.95. The van der Waals surface area contributed by atoms with Crippen LogP contribution in [0.1, 0.15) is 16.1 Å². The van der Waals surface area contributed by atoms with E-state index in [0.717, 1.165) is 6.07 Å². The second kappa shape index (κ2) is 3.47. The summed E-state index contributed by atoms with van der Waals surface area (Å²) in [5.41, 5.74) is -1.31. The molecule has 0 aliphatic rings. The molecule has 0 saturated heterocycles. The predicted molar refractivity (Wildman–Crippen MR) is 45.5 cm³/mol. The average molecular weight is 247 g/mol. The van der Waals surface area contributed by atoms with E-state index >= 15 is 0 Å². The zero-order chi connectivity index (χ0) is 12.8. The Hall–Kier alpha value is -2.05. The van der Waals surface area contributed by atoms with Crippen molar-refractivity contribution in [1.82, 2.24) is 0 Å². The number of alkyl halides is 3. The zero-order valence-electron chi connectivity index (χ0n) is 7.97. The van der Waals surface area contributed by atoms with Crippen molar-refractivity contribution >= 4 is 16.9 Å². The summed E-state index contributed by atoms with van der Waals surface area (Å²) in [6, 6.07) is 1.83. The summed E-state index contributed by atoms with van der Waals surface area (Å²) in [7, 11) is 0. The molecule has 0 saturated carbocycles. The van der Waals surface area contributed by atoms with Gasteiger partial charge in [0.2, 0.25) is 5.76 Å². The molecule has 90 valence electrons. The van der Waals surface area contributed by atoms with Gasteiger partial charge in [-0.2, -0.15) is 13.2 Å². The highest BCUT2D eigenvalue weighted by Crippen LogP contribution is 2.35. The van der Waals surface area contributed by atoms with Crippen LogP contribution in [-0.4, -0.2) is 5.97 Å². The number of carboxylic acid groups (broad SMARTS) is 1. The van der Waals surface area contributed by atoms with Crippen LogP contribution >= 0.6 is 0 Å². The fourth-order valence-electron chi connectivity index (χ4n) is 1.41. The topological polar surface area (TPSA) is 53.3 Å². The SMILES string of the molecule is O=C([O-])c1cc(F)cc2cc(C(F)(F)F)oc12. The third kappa shape index (κ3) is 1.95. The van der Waals surface area contributed by atoms with E-state index in [1.807, 2.05) is 0 Å². The number of benzene rings is 1. The van der Waals surface area contributed by atoms with Crippen LogP contribution in [0.4, 0.5) is 17.6 Å². The fourth-order valence-corrected chi connectivity index (χ4v) is 1.41. The van der Waals surface area contributed by atoms with Crippen molar-refractivity contribution in [3.63, 3.8) is 0 Å². The molecule has 0 aliphatic carbocycles. The molecule has 0 unspecified atom stereocenters. The van der Waals surface area contributed by atoms with Crippen molar-refractivity contribution < 1.29 is 31.9 Å². The first-order valence-electron chi connectivity index (χ1n) is 4.30. The minimum absolute atomic E-state index is 0.281. The van der Waals surface area contributed by atoms with Gasteiger partial charge in [-0.3, -0.25) is 0 Å². The molecule has 2 rings (SSSR count). The van der Waals surface area contributed by atoms with Crippen molar-refractivity contribution in [2.24, 2.45) is 0 Å². The Balaban J connectivity index is 2.76. The molecule has 2 aromatic rings. The average Bonchev–Trinajstić information content (AvgIpc) is 2.58. The Labute approximate surface area is 91.3 Å². The fraction of sp³-hybridized carbons (Fsp3) is 0.100. The molecule has 0 spiro atoms. The highest BCUT2D eigenvalue weighted by atomic mass is 19.4. The van der Waals surface area contributed by atoms with Crippen LogP contribution in [0, 0.1) is 5.82 Å². The van der Waals surface area contributed by atoms with Gasteiger partial charge < -0.3 is 14.3 Å². The van der Waals surface area contributed by atoms with Crippen LogP contribution in [0.15, 0.2) is 22.6 Å². The van der Waals surface area contributed by atoms with Gasteiger partial charge in [0.1, 0.15) is 11.4 Å². The first-order valence-corrected chi connectivity index (χ1v) is 4.30. The summed E-state index contributed by atoms with van der Waals surface area (Å²) < 4.78 is 54.2. The molecule has 0 amide bonds. The quantitative estimate of drug-likeness (QED) is 0.724. The maximum absolute atomic E-state index is 12.9. The van der Waals surface area contributed by atoms with Crippen molar-refractivity contribution in [3.05, 3.63) is 35.3 Å². The Morgan fingerprint density at radius 3 is 2.41 bits per heavy atom. The molecule has 1 aromatic carbocycles. The van der Waals surface area contributed by atoms with Gasteiger partial charge in [0.15, 0.2) is 0 Å². The molecule has 0 aliphatic heterocycles. The molecule has 17 heavy (non-hydrogen) atoms. The normalized spacial score (nSPS) is 12.0. The van der Waals surface area contributed by atoms with Crippen LogP contribution in [0.2, 0.25) is 0 Å². The van der Waals surface area contributed by atoms with Crippen LogP contribution in [0.5, 0.6) is 0 Å². The number of carbonyl (C=O) groups excluding carboxylic acids is 1.